The van der Waals surface area contributed by atoms with Crippen LogP contribution in [0.2, 0.25) is 0 Å². The minimum absolute atomic E-state index is 0.489. The lowest BCUT2D eigenvalue weighted by molar-refractivity contribution is 0.606. The van der Waals surface area contributed by atoms with Crippen molar-refractivity contribution in [2.45, 2.75) is 20.6 Å². The van der Waals surface area contributed by atoms with Crippen molar-refractivity contribution in [1.29, 1.82) is 0 Å². The second-order valence-corrected chi connectivity index (χ2v) is 20.5. The van der Waals surface area contributed by atoms with Gasteiger partial charge in [-0.3, -0.25) is 0 Å². The fourth-order valence-corrected chi connectivity index (χ4v) is 14.2. The van der Waals surface area contributed by atoms with Gasteiger partial charge in [-0.25, -0.2) is 9.97 Å². The number of hydrogen-bond donors (Lipinski definition) is 0. The van der Waals surface area contributed by atoms with Gasteiger partial charge in [0.05, 0.1) is 22.2 Å². The first-order valence-electron chi connectivity index (χ1n) is 25.1. The van der Waals surface area contributed by atoms with E-state index in [2.05, 4.69) is 267 Å². The molecule has 0 saturated carbocycles. The second-order valence-electron chi connectivity index (χ2n) is 19.4. The van der Waals surface area contributed by atoms with Crippen molar-refractivity contribution >= 4 is 22.5 Å². The summed E-state index contributed by atoms with van der Waals surface area (Å²) in [7, 11) is 0. The summed E-state index contributed by atoms with van der Waals surface area (Å²) in [6.07, 6.45) is 0. The van der Waals surface area contributed by atoms with E-state index in [0.29, 0.717) is 5.82 Å². The molecule has 2 spiro atoms. The molecule has 0 radical (unpaired) electrons. The molecule has 2 heterocycles. The Morgan fingerprint density at radius 1 is 0.260 bits per heavy atom. The van der Waals surface area contributed by atoms with Gasteiger partial charge in [0.25, 0.3) is 0 Å². The van der Waals surface area contributed by atoms with Crippen LogP contribution < -0.4 is 0 Å². The number of fused-ring (bicyclic) bond motifs is 16. The van der Waals surface area contributed by atoms with E-state index in [0.717, 1.165) is 39.0 Å². The summed E-state index contributed by atoms with van der Waals surface area (Å²) in [5.41, 5.74) is 21.8. The quantitative estimate of drug-likeness (QED) is 0.172. The molecular weight excluding hydrogens is 901 g/mol. The van der Waals surface area contributed by atoms with Gasteiger partial charge < -0.3 is 0 Å². The highest BCUT2D eigenvalue weighted by Gasteiger charge is 2.58. The van der Waals surface area contributed by atoms with E-state index < -0.39 is 10.8 Å². The molecular formula is C70H44N2S. The van der Waals surface area contributed by atoms with Gasteiger partial charge in [-0.1, -0.05) is 267 Å². The summed E-state index contributed by atoms with van der Waals surface area (Å²) in [6, 6.07) is 98.4. The van der Waals surface area contributed by atoms with Gasteiger partial charge in [-0.2, -0.15) is 0 Å². The minimum atomic E-state index is -0.594. The smallest absolute Gasteiger partial charge is 0.160 e. The van der Waals surface area contributed by atoms with Gasteiger partial charge in [0, 0.05) is 26.5 Å². The molecule has 73 heavy (non-hydrogen) atoms. The third-order valence-corrected chi connectivity index (χ3v) is 17.1. The molecule has 0 bridgehead atoms. The predicted octanol–water partition coefficient (Wildman–Crippen LogP) is 17.5. The SMILES string of the molecule is c1ccc(-c2cc(-c3ccc(-c4ccccc4)c4ccccc34)nc(-c3ccc(-c4cccc5c4Sc4ccccc4C54c5ccccc5C5(c6ccccc6-c6ccccc65)c5ccccc54)cc3)n2)cc1. The van der Waals surface area contributed by atoms with Crippen LogP contribution in [0, 0.1) is 0 Å². The highest BCUT2D eigenvalue weighted by atomic mass is 32.2. The van der Waals surface area contributed by atoms with E-state index in [1.54, 1.807) is 0 Å². The van der Waals surface area contributed by atoms with Crippen LogP contribution in [-0.4, -0.2) is 9.97 Å². The maximum Gasteiger partial charge on any atom is 0.160 e. The Morgan fingerprint density at radius 3 is 1.32 bits per heavy atom. The van der Waals surface area contributed by atoms with Crippen molar-refractivity contribution in [3.05, 3.63) is 311 Å². The Kier molecular flexibility index (Phi) is 9.36. The molecule has 0 atom stereocenters. The summed E-state index contributed by atoms with van der Waals surface area (Å²) in [6.45, 7) is 0. The average molecular weight is 945 g/mol. The topological polar surface area (TPSA) is 25.8 Å². The van der Waals surface area contributed by atoms with Gasteiger partial charge in [-0.05, 0) is 101 Å². The van der Waals surface area contributed by atoms with Crippen LogP contribution in [0.25, 0.3) is 78.1 Å². The highest BCUT2D eigenvalue weighted by Crippen LogP contribution is 2.67. The van der Waals surface area contributed by atoms with Gasteiger partial charge in [0.15, 0.2) is 5.82 Å². The zero-order valence-electron chi connectivity index (χ0n) is 39.7. The number of hydrogen-bond acceptors (Lipinski definition) is 3. The Morgan fingerprint density at radius 2 is 0.685 bits per heavy atom. The third kappa shape index (κ3) is 6.00. The van der Waals surface area contributed by atoms with Crippen LogP contribution in [0.5, 0.6) is 0 Å². The van der Waals surface area contributed by atoms with Crippen LogP contribution >= 0.6 is 11.8 Å². The van der Waals surface area contributed by atoms with Crippen molar-refractivity contribution in [1.82, 2.24) is 9.97 Å². The van der Waals surface area contributed by atoms with Gasteiger partial charge >= 0.3 is 0 Å². The molecule has 1 aliphatic heterocycles. The van der Waals surface area contributed by atoms with E-state index in [-0.39, 0.29) is 0 Å². The average Bonchev–Trinajstić information content (AvgIpc) is 3.77. The maximum atomic E-state index is 5.39. The number of nitrogens with zero attached hydrogens (tertiary/aromatic N) is 2. The molecule has 11 aromatic carbocycles. The zero-order valence-corrected chi connectivity index (χ0v) is 40.5. The summed E-state index contributed by atoms with van der Waals surface area (Å²) < 4.78 is 0. The molecule has 340 valence electrons. The van der Waals surface area contributed by atoms with E-state index in [4.69, 9.17) is 9.97 Å². The largest absolute Gasteiger partial charge is 0.228 e. The minimum Gasteiger partial charge on any atom is -0.228 e. The van der Waals surface area contributed by atoms with Gasteiger partial charge in [0.2, 0.25) is 0 Å². The van der Waals surface area contributed by atoms with Crippen molar-refractivity contribution in [3.63, 3.8) is 0 Å². The predicted molar refractivity (Wildman–Crippen MR) is 300 cm³/mol. The van der Waals surface area contributed by atoms with E-state index in [9.17, 15) is 0 Å². The zero-order chi connectivity index (χ0) is 48.1. The molecule has 0 fully saturated rings. The molecule has 3 aliphatic rings. The number of benzene rings is 11. The van der Waals surface area contributed by atoms with E-state index >= 15 is 0 Å². The molecule has 12 aromatic rings. The van der Waals surface area contributed by atoms with Gasteiger partial charge in [0.1, 0.15) is 0 Å². The second kappa shape index (κ2) is 16.3. The third-order valence-electron chi connectivity index (χ3n) is 15.9. The van der Waals surface area contributed by atoms with Crippen LogP contribution in [0.1, 0.15) is 44.5 Å². The van der Waals surface area contributed by atoms with Crippen molar-refractivity contribution in [2.75, 3.05) is 0 Å². The fraction of sp³-hybridized carbons (Fsp3) is 0.0286. The Labute approximate surface area is 429 Å². The lowest BCUT2D eigenvalue weighted by atomic mass is 9.51. The molecule has 0 saturated heterocycles. The lowest BCUT2D eigenvalue weighted by Crippen LogP contribution is -2.45. The maximum absolute atomic E-state index is 5.39. The molecule has 2 aliphatic carbocycles. The number of aromatic nitrogens is 2. The standard InChI is InChI=1S/C70H44N2S/c1-3-20-45(21-4-1)49-42-43-55(52-25-8-7-24-51(49)52)65-44-64(47-22-5-2-6-23-47)71-68(72-65)48-40-38-46(39-41-48)50-28-19-36-63-67(50)73-66-37-18-17-35-62(66)70(63)60-33-15-13-31-58(60)69(59-32-14-16-34-61(59)70)56-29-11-9-26-53(56)54-27-10-12-30-57(54)69/h1-44H. The molecule has 1 aromatic heterocycles. The van der Waals surface area contributed by atoms with E-state index in [1.807, 2.05) is 11.8 Å². The molecule has 0 unspecified atom stereocenters. The van der Waals surface area contributed by atoms with Crippen molar-refractivity contribution < 1.29 is 0 Å². The molecule has 0 amide bonds. The summed E-state index contributed by atoms with van der Waals surface area (Å²) in [4.78, 5) is 13.2. The first-order valence-corrected chi connectivity index (χ1v) is 26.0. The highest BCUT2D eigenvalue weighted by molar-refractivity contribution is 7.99. The lowest BCUT2D eigenvalue weighted by Gasteiger charge is -2.52. The Hall–Kier alpha value is -8.89. The van der Waals surface area contributed by atoms with Crippen LogP contribution in [0.4, 0.5) is 0 Å². The van der Waals surface area contributed by atoms with Crippen molar-refractivity contribution in [2.24, 2.45) is 0 Å². The molecule has 0 N–H and O–H groups in total. The first kappa shape index (κ1) is 41.9. The Balaban J connectivity index is 0.901. The fourth-order valence-electron chi connectivity index (χ4n) is 12.9. The van der Waals surface area contributed by atoms with Crippen molar-refractivity contribution in [3.8, 4) is 67.3 Å². The normalized spacial score (nSPS) is 13.9. The van der Waals surface area contributed by atoms with Crippen LogP contribution in [0.15, 0.2) is 277 Å². The molecule has 15 rings (SSSR count). The van der Waals surface area contributed by atoms with Crippen LogP contribution in [0.3, 0.4) is 0 Å². The summed E-state index contributed by atoms with van der Waals surface area (Å²) >= 11 is 1.90. The van der Waals surface area contributed by atoms with E-state index in [1.165, 1.54) is 87.5 Å². The Bertz CT molecular complexity index is 4080. The van der Waals surface area contributed by atoms with Gasteiger partial charge in [-0.15, -0.1) is 0 Å². The first-order chi connectivity index (χ1) is 36.2. The molecule has 2 nitrogen and oxygen atoms in total. The molecule has 3 heteroatoms. The number of rotatable bonds is 5. The summed E-state index contributed by atoms with van der Waals surface area (Å²) in [5, 5.41) is 2.35. The monoisotopic (exact) mass is 944 g/mol. The summed E-state index contributed by atoms with van der Waals surface area (Å²) in [5.74, 6) is 0.691. The van der Waals surface area contributed by atoms with Crippen LogP contribution in [-0.2, 0) is 10.8 Å².